The lowest BCUT2D eigenvalue weighted by Gasteiger charge is -2.31. The second-order valence-electron chi connectivity index (χ2n) is 6.54. The van der Waals surface area contributed by atoms with Crippen molar-refractivity contribution in [3.8, 4) is 17.6 Å². The van der Waals surface area contributed by atoms with Crippen LogP contribution in [0.1, 0.15) is 16.8 Å². The number of nitrogens with zero attached hydrogens (tertiary/aromatic N) is 4. The predicted molar refractivity (Wildman–Crippen MR) is 111 cm³/mol. The van der Waals surface area contributed by atoms with Gasteiger partial charge in [-0.1, -0.05) is 23.7 Å². The maximum absolute atomic E-state index is 13.4. The van der Waals surface area contributed by atoms with Gasteiger partial charge in [0.25, 0.3) is 0 Å². The minimum absolute atomic E-state index is 0.0286. The molecule has 1 aromatic carbocycles. The average molecular weight is 470 g/mol. The van der Waals surface area contributed by atoms with Crippen molar-refractivity contribution in [2.45, 2.75) is 19.1 Å². The van der Waals surface area contributed by atoms with E-state index in [9.17, 15) is 18.0 Å². The number of alkyl halides is 3. The molecule has 2 heterocycles. The van der Waals surface area contributed by atoms with E-state index >= 15 is 0 Å². The lowest BCUT2D eigenvalue weighted by atomic mass is 10.1. The van der Waals surface area contributed by atoms with E-state index in [2.05, 4.69) is 20.5 Å². The number of aromatic nitrogens is 2. The molecule has 1 aliphatic rings. The fraction of sp³-hybridized carbons (Fsp3) is 0.300. The Kier molecular flexibility index (Phi) is 7.18. The molecule has 2 aromatic rings. The van der Waals surface area contributed by atoms with E-state index in [0.29, 0.717) is 36.2 Å². The first-order valence-electron chi connectivity index (χ1n) is 9.36. The van der Waals surface area contributed by atoms with Crippen LogP contribution in [0.25, 0.3) is 0 Å². The molecule has 0 fully saturated rings. The number of hydrogen-bond acceptors (Lipinski definition) is 8. The number of carbonyl (C=O) groups is 1. The third-order valence-electron chi connectivity index (χ3n) is 4.59. The molecular weight excluding hydrogens is 451 g/mol. The summed E-state index contributed by atoms with van der Waals surface area (Å²) in [7, 11) is 2.93. The molecule has 170 valence electrons. The van der Waals surface area contributed by atoms with E-state index in [1.54, 1.807) is 11.9 Å². The standard InChI is InChI=1S/C20H19ClF3N5O3/c1-25-26-9-16(14(21)11-30)29-8-7-12-15(10-29)27-19(31-2)28-18(12)32-17-6-4-3-5-13(17)20(22,23)24/h3-6,9,11,25H,7-8,10H2,1-2H3/b16-14-,26-9-. The molecule has 1 aliphatic heterocycles. The first-order valence-corrected chi connectivity index (χ1v) is 9.73. The van der Waals surface area contributed by atoms with E-state index in [-0.39, 0.29) is 29.2 Å². The quantitative estimate of drug-likeness (QED) is 0.287. The zero-order valence-corrected chi connectivity index (χ0v) is 17.9. The fourth-order valence-electron chi connectivity index (χ4n) is 3.13. The van der Waals surface area contributed by atoms with Crippen molar-refractivity contribution in [1.82, 2.24) is 20.3 Å². The summed E-state index contributed by atoms with van der Waals surface area (Å²) in [6, 6.07) is 4.80. The molecule has 3 rings (SSSR count). The van der Waals surface area contributed by atoms with Crippen LogP contribution in [0.5, 0.6) is 17.6 Å². The molecule has 1 aromatic heterocycles. The Balaban J connectivity index is 2.01. The van der Waals surface area contributed by atoms with Gasteiger partial charge in [0.05, 0.1) is 36.8 Å². The Morgan fingerprint density at radius 2 is 2.06 bits per heavy atom. The number of carbonyl (C=O) groups excluding carboxylic acids is 1. The van der Waals surface area contributed by atoms with Crippen molar-refractivity contribution in [1.29, 1.82) is 0 Å². The van der Waals surface area contributed by atoms with Gasteiger partial charge in [0.2, 0.25) is 5.88 Å². The maximum atomic E-state index is 13.4. The minimum atomic E-state index is -4.59. The first-order chi connectivity index (χ1) is 15.3. The van der Waals surface area contributed by atoms with Crippen LogP contribution in [-0.4, -0.2) is 48.1 Å². The van der Waals surface area contributed by atoms with Gasteiger partial charge in [0, 0.05) is 19.2 Å². The highest BCUT2D eigenvalue weighted by Gasteiger charge is 2.35. The minimum Gasteiger partial charge on any atom is -0.467 e. The molecule has 12 heteroatoms. The monoisotopic (exact) mass is 469 g/mol. The SMILES string of the molecule is CN/N=C\C(=C(\Cl)C=O)N1CCc2c(nc(OC)nc2Oc2ccccc2C(F)(F)F)C1. The van der Waals surface area contributed by atoms with Crippen LogP contribution in [0.2, 0.25) is 0 Å². The van der Waals surface area contributed by atoms with E-state index in [1.165, 1.54) is 31.5 Å². The van der Waals surface area contributed by atoms with Crippen LogP contribution < -0.4 is 14.9 Å². The number of para-hydroxylation sites is 1. The van der Waals surface area contributed by atoms with Gasteiger partial charge in [0.1, 0.15) is 10.8 Å². The fourth-order valence-corrected chi connectivity index (χ4v) is 3.30. The maximum Gasteiger partial charge on any atom is 0.419 e. The Morgan fingerprint density at radius 1 is 1.31 bits per heavy atom. The summed E-state index contributed by atoms with van der Waals surface area (Å²) in [6.07, 6.45) is -2.38. The third kappa shape index (κ3) is 5.10. The molecule has 0 radical (unpaired) electrons. The zero-order chi connectivity index (χ0) is 23.3. The summed E-state index contributed by atoms with van der Waals surface area (Å²) in [5.41, 5.74) is 3.03. The van der Waals surface area contributed by atoms with Gasteiger partial charge in [-0.05, 0) is 18.6 Å². The molecule has 8 nitrogen and oxygen atoms in total. The van der Waals surface area contributed by atoms with Crippen molar-refractivity contribution >= 4 is 24.1 Å². The molecule has 0 atom stereocenters. The van der Waals surface area contributed by atoms with E-state index < -0.39 is 11.7 Å². The summed E-state index contributed by atoms with van der Waals surface area (Å²) in [5.74, 6) is -0.407. The molecule has 0 unspecified atom stereocenters. The number of methoxy groups -OCH3 is 1. The molecule has 1 N–H and O–H groups in total. The number of allylic oxidation sites excluding steroid dienone is 2. The summed E-state index contributed by atoms with van der Waals surface area (Å²) in [6.45, 7) is 0.551. The largest absolute Gasteiger partial charge is 0.467 e. The Bertz CT molecular complexity index is 1060. The van der Waals surface area contributed by atoms with Crippen LogP contribution >= 0.6 is 11.6 Å². The Hall–Kier alpha value is -3.34. The summed E-state index contributed by atoms with van der Waals surface area (Å²) < 4.78 is 50.9. The second-order valence-corrected chi connectivity index (χ2v) is 6.95. The number of hydrogen-bond donors (Lipinski definition) is 1. The van der Waals surface area contributed by atoms with E-state index in [1.807, 2.05) is 0 Å². The Labute approximate surface area is 186 Å². The van der Waals surface area contributed by atoms with Crippen LogP contribution in [0.15, 0.2) is 40.1 Å². The summed E-state index contributed by atoms with van der Waals surface area (Å²) in [5, 5.41) is 3.85. The highest BCUT2D eigenvalue weighted by molar-refractivity contribution is 6.40. The number of aldehydes is 1. The van der Waals surface area contributed by atoms with Crippen molar-refractivity contribution in [2.24, 2.45) is 5.10 Å². The smallest absolute Gasteiger partial charge is 0.419 e. The van der Waals surface area contributed by atoms with Gasteiger partial charge in [-0.2, -0.15) is 28.2 Å². The number of fused-ring (bicyclic) bond motifs is 1. The number of hydrazone groups is 1. The molecule has 0 amide bonds. The van der Waals surface area contributed by atoms with Crippen molar-refractivity contribution in [2.75, 3.05) is 20.7 Å². The number of benzene rings is 1. The van der Waals surface area contributed by atoms with Crippen molar-refractivity contribution in [3.63, 3.8) is 0 Å². The topological polar surface area (TPSA) is 88.9 Å². The van der Waals surface area contributed by atoms with Crippen LogP contribution in [0, 0.1) is 0 Å². The highest BCUT2D eigenvalue weighted by Crippen LogP contribution is 2.39. The molecule has 0 aliphatic carbocycles. The van der Waals surface area contributed by atoms with Gasteiger partial charge < -0.3 is 19.8 Å². The highest BCUT2D eigenvalue weighted by atomic mass is 35.5. The van der Waals surface area contributed by atoms with Crippen LogP contribution in [-0.2, 0) is 23.9 Å². The zero-order valence-electron chi connectivity index (χ0n) is 17.1. The van der Waals surface area contributed by atoms with Crippen molar-refractivity contribution < 1.29 is 27.4 Å². The van der Waals surface area contributed by atoms with Gasteiger partial charge in [-0.25, -0.2) is 0 Å². The average Bonchev–Trinajstić information content (AvgIpc) is 2.78. The van der Waals surface area contributed by atoms with E-state index in [4.69, 9.17) is 21.1 Å². The molecule has 0 spiro atoms. The normalized spacial score (nSPS) is 14.6. The van der Waals surface area contributed by atoms with Gasteiger partial charge in [-0.15, -0.1) is 0 Å². The van der Waals surface area contributed by atoms with Crippen molar-refractivity contribution in [3.05, 3.63) is 51.8 Å². The van der Waals surface area contributed by atoms with Crippen LogP contribution in [0.4, 0.5) is 13.2 Å². The number of nitrogens with one attached hydrogen (secondary N) is 1. The van der Waals surface area contributed by atoms with Crippen LogP contribution in [0.3, 0.4) is 0 Å². The predicted octanol–water partition coefficient (Wildman–Crippen LogP) is 3.51. The number of rotatable bonds is 7. The molecule has 0 saturated carbocycles. The van der Waals surface area contributed by atoms with Gasteiger partial charge >= 0.3 is 12.2 Å². The number of ether oxygens (including phenoxy) is 2. The first kappa shape index (κ1) is 23.3. The Morgan fingerprint density at radius 3 is 2.72 bits per heavy atom. The van der Waals surface area contributed by atoms with E-state index in [0.717, 1.165) is 6.07 Å². The third-order valence-corrected chi connectivity index (χ3v) is 4.88. The summed E-state index contributed by atoms with van der Waals surface area (Å²) in [4.78, 5) is 21.4. The summed E-state index contributed by atoms with van der Waals surface area (Å²) >= 11 is 6.05. The lowest BCUT2D eigenvalue weighted by molar-refractivity contribution is -0.138. The molecular formula is C20H19ClF3N5O3. The molecule has 0 saturated heterocycles. The molecule has 0 bridgehead atoms. The second kappa shape index (κ2) is 9.86. The number of halogens is 4. The lowest BCUT2D eigenvalue weighted by Crippen LogP contribution is -2.32. The van der Waals surface area contributed by atoms with Gasteiger partial charge in [-0.3, -0.25) is 4.79 Å². The molecule has 32 heavy (non-hydrogen) atoms. The van der Waals surface area contributed by atoms with Gasteiger partial charge in [0.15, 0.2) is 6.29 Å².